The summed E-state index contributed by atoms with van der Waals surface area (Å²) in [5.74, 6) is 1.01. The largest absolute Gasteiger partial charge is 0.399 e. The summed E-state index contributed by atoms with van der Waals surface area (Å²) in [5, 5.41) is 3.38. The van der Waals surface area contributed by atoms with Crippen LogP contribution in [0.2, 0.25) is 5.28 Å². The summed E-state index contributed by atoms with van der Waals surface area (Å²) in [6.45, 7) is 2.57. The van der Waals surface area contributed by atoms with Crippen LogP contribution in [0.15, 0.2) is 35.4 Å². The molecule has 0 saturated carbocycles. The molecule has 1 unspecified atom stereocenters. The topological polar surface area (TPSA) is 105 Å². The number of nitrogens with zero attached hydrogens (tertiary/aromatic N) is 2. The lowest BCUT2D eigenvalue weighted by atomic mass is 10.3. The summed E-state index contributed by atoms with van der Waals surface area (Å²) in [4.78, 5) is 8.50. The molecule has 0 saturated heterocycles. The number of nitrogens with two attached hydrogens (primary N) is 1. The third kappa shape index (κ3) is 5.07. The van der Waals surface area contributed by atoms with Crippen LogP contribution < -0.4 is 11.1 Å². The Hall–Kier alpha value is -1.86. The van der Waals surface area contributed by atoms with Crippen LogP contribution in [0, 0.1) is 11.7 Å². The highest BCUT2D eigenvalue weighted by Crippen LogP contribution is 2.17. The maximum atomic E-state index is 12.4. The van der Waals surface area contributed by atoms with Crippen LogP contribution in [0.5, 0.6) is 0 Å². The highest BCUT2D eigenvalue weighted by molar-refractivity contribution is 7.92. The van der Waals surface area contributed by atoms with Crippen LogP contribution in [-0.4, -0.2) is 26.5 Å². The lowest BCUT2D eigenvalue weighted by Crippen LogP contribution is -2.10. The van der Waals surface area contributed by atoms with Gasteiger partial charge in [-0.05, 0) is 49.6 Å². The lowest BCUT2D eigenvalue weighted by Gasteiger charge is -2.10. The molecule has 2 rings (SSSR count). The average molecular weight is 354 g/mol. The fraction of sp³-hybridized carbons (Fsp3) is 0.333. The molecular formula is C15H20ClN5OS. The van der Waals surface area contributed by atoms with Gasteiger partial charge in [0.05, 0.1) is 9.73 Å². The normalized spacial score (nSPS) is 13.5. The Kier molecular flexibility index (Phi) is 5.79. The van der Waals surface area contributed by atoms with Crippen molar-refractivity contribution in [1.29, 1.82) is 4.78 Å². The zero-order valence-corrected chi connectivity index (χ0v) is 14.5. The molecule has 1 atom stereocenters. The summed E-state index contributed by atoms with van der Waals surface area (Å²) in [6, 6.07) is 6.75. The second-order valence-corrected chi connectivity index (χ2v) is 7.82. The standard InChI is InChI=1S/C15H20ClN5OS/c1-11-10-20-15(16)21-14(11)19-7-2-3-8-23(18,22)13-6-4-5-12(17)9-13/h4-6,9-10,18H,2-3,7-8,17H2,1H3,(H,19,20,21). The van der Waals surface area contributed by atoms with Gasteiger partial charge in [0.2, 0.25) is 5.28 Å². The van der Waals surface area contributed by atoms with Gasteiger partial charge in [-0.1, -0.05) is 6.07 Å². The van der Waals surface area contributed by atoms with Crippen molar-refractivity contribution in [3.8, 4) is 0 Å². The third-order valence-electron chi connectivity index (χ3n) is 3.33. The van der Waals surface area contributed by atoms with Gasteiger partial charge in [-0.15, -0.1) is 0 Å². The molecule has 0 bridgehead atoms. The number of nitrogen functional groups attached to an aromatic ring is 1. The van der Waals surface area contributed by atoms with E-state index in [9.17, 15) is 4.21 Å². The zero-order valence-electron chi connectivity index (χ0n) is 12.9. The molecule has 2 aromatic rings. The zero-order chi connectivity index (χ0) is 16.9. The van der Waals surface area contributed by atoms with Crippen molar-refractivity contribution < 1.29 is 4.21 Å². The first-order chi connectivity index (χ1) is 10.9. The Bertz CT molecular complexity index is 779. The maximum absolute atomic E-state index is 12.4. The first-order valence-corrected chi connectivity index (χ1v) is 9.34. The van der Waals surface area contributed by atoms with E-state index in [1.807, 2.05) is 6.92 Å². The molecule has 0 aliphatic carbocycles. The number of hydrogen-bond acceptors (Lipinski definition) is 6. The van der Waals surface area contributed by atoms with Crippen LogP contribution in [0.3, 0.4) is 0 Å². The molecule has 6 nitrogen and oxygen atoms in total. The van der Waals surface area contributed by atoms with Gasteiger partial charge in [0.25, 0.3) is 0 Å². The smallest absolute Gasteiger partial charge is 0.224 e. The van der Waals surface area contributed by atoms with Gasteiger partial charge >= 0.3 is 0 Å². The molecule has 4 N–H and O–H groups in total. The SMILES string of the molecule is Cc1cnc(Cl)nc1NCCCCS(=N)(=O)c1cccc(N)c1. The summed E-state index contributed by atoms with van der Waals surface area (Å²) < 4.78 is 20.5. The van der Waals surface area contributed by atoms with Crippen molar-refractivity contribution >= 4 is 32.8 Å². The average Bonchev–Trinajstić information content (AvgIpc) is 2.50. The van der Waals surface area contributed by atoms with Crippen molar-refractivity contribution in [1.82, 2.24) is 9.97 Å². The fourth-order valence-electron chi connectivity index (χ4n) is 2.07. The minimum absolute atomic E-state index is 0.203. The Morgan fingerprint density at radius 1 is 1.39 bits per heavy atom. The third-order valence-corrected chi connectivity index (χ3v) is 5.39. The molecule has 0 spiro atoms. The van der Waals surface area contributed by atoms with Crippen molar-refractivity contribution in [3.05, 3.63) is 41.3 Å². The Morgan fingerprint density at radius 3 is 2.91 bits per heavy atom. The van der Waals surface area contributed by atoms with E-state index in [4.69, 9.17) is 22.1 Å². The molecule has 1 aromatic carbocycles. The quantitative estimate of drug-likeness (QED) is 0.402. The Labute approximate surface area is 141 Å². The molecule has 0 aliphatic heterocycles. The van der Waals surface area contributed by atoms with E-state index >= 15 is 0 Å². The van der Waals surface area contributed by atoms with Crippen molar-refractivity contribution in [3.63, 3.8) is 0 Å². The molecule has 124 valence electrons. The Balaban J connectivity index is 1.82. The summed E-state index contributed by atoms with van der Waals surface area (Å²) in [7, 11) is -2.80. The summed E-state index contributed by atoms with van der Waals surface area (Å²) in [5.41, 5.74) is 7.12. The number of unbranched alkanes of at least 4 members (excludes halogenated alkanes) is 1. The molecule has 1 heterocycles. The van der Waals surface area contributed by atoms with Gasteiger partial charge in [0.1, 0.15) is 5.82 Å². The first kappa shape index (κ1) is 17.5. The summed E-state index contributed by atoms with van der Waals surface area (Å²) >= 11 is 5.76. The summed E-state index contributed by atoms with van der Waals surface area (Å²) in [6.07, 6.45) is 3.11. The van der Waals surface area contributed by atoms with E-state index in [-0.39, 0.29) is 5.28 Å². The minimum atomic E-state index is -2.80. The van der Waals surface area contributed by atoms with Crippen molar-refractivity contribution in [2.45, 2.75) is 24.7 Å². The predicted molar refractivity (Wildman–Crippen MR) is 94.4 cm³/mol. The molecule has 23 heavy (non-hydrogen) atoms. The number of aryl methyl sites for hydroxylation is 1. The van der Waals surface area contributed by atoms with Gasteiger partial charge in [-0.2, -0.15) is 0 Å². The highest BCUT2D eigenvalue weighted by atomic mass is 35.5. The van der Waals surface area contributed by atoms with Crippen LogP contribution in [0.25, 0.3) is 0 Å². The van der Waals surface area contributed by atoms with E-state index in [0.717, 1.165) is 12.0 Å². The van der Waals surface area contributed by atoms with Crippen LogP contribution >= 0.6 is 11.6 Å². The monoisotopic (exact) mass is 353 g/mol. The van der Waals surface area contributed by atoms with Gasteiger partial charge in [-0.3, -0.25) is 0 Å². The molecule has 0 fully saturated rings. The lowest BCUT2D eigenvalue weighted by molar-refractivity contribution is 0.670. The van der Waals surface area contributed by atoms with E-state index in [1.54, 1.807) is 30.5 Å². The number of aromatic nitrogens is 2. The van der Waals surface area contributed by atoms with Gasteiger partial charge in [0.15, 0.2) is 0 Å². The van der Waals surface area contributed by atoms with E-state index in [0.29, 0.717) is 35.1 Å². The van der Waals surface area contributed by atoms with E-state index < -0.39 is 9.73 Å². The maximum Gasteiger partial charge on any atom is 0.224 e. The van der Waals surface area contributed by atoms with E-state index in [1.165, 1.54) is 0 Å². The fourth-order valence-corrected chi connectivity index (χ4v) is 3.68. The second-order valence-electron chi connectivity index (χ2n) is 5.26. The van der Waals surface area contributed by atoms with Crippen LogP contribution in [0.1, 0.15) is 18.4 Å². The molecule has 0 aliphatic rings. The highest BCUT2D eigenvalue weighted by Gasteiger charge is 2.10. The second kappa shape index (κ2) is 7.61. The van der Waals surface area contributed by atoms with Crippen molar-refractivity contribution in [2.75, 3.05) is 23.3 Å². The molecular weight excluding hydrogens is 334 g/mol. The number of rotatable bonds is 7. The van der Waals surface area contributed by atoms with Gasteiger partial charge in [-0.25, -0.2) is 19.0 Å². The molecule has 8 heteroatoms. The predicted octanol–water partition coefficient (Wildman–Crippen LogP) is 3.32. The van der Waals surface area contributed by atoms with Crippen molar-refractivity contribution in [2.24, 2.45) is 0 Å². The van der Waals surface area contributed by atoms with Gasteiger partial charge < -0.3 is 11.1 Å². The minimum Gasteiger partial charge on any atom is -0.399 e. The van der Waals surface area contributed by atoms with Crippen LogP contribution in [-0.2, 0) is 9.73 Å². The number of halogens is 1. The molecule has 0 radical (unpaired) electrons. The first-order valence-electron chi connectivity index (χ1n) is 7.23. The molecule has 0 amide bonds. The van der Waals surface area contributed by atoms with Gasteiger partial charge in [0, 0.05) is 34.6 Å². The number of nitrogens with one attached hydrogen (secondary N) is 2. The van der Waals surface area contributed by atoms with E-state index in [2.05, 4.69) is 15.3 Å². The number of hydrogen-bond donors (Lipinski definition) is 3. The number of benzene rings is 1. The Morgan fingerprint density at radius 2 is 2.17 bits per heavy atom. The van der Waals surface area contributed by atoms with Crippen LogP contribution in [0.4, 0.5) is 11.5 Å². The number of anilines is 2. The molecule has 1 aromatic heterocycles.